The van der Waals surface area contributed by atoms with E-state index in [-0.39, 0.29) is 6.04 Å². The van der Waals surface area contributed by atoms with Gasteiger partial charge in [-0.05, 0) is 26.8 Å². The van der Waals surface area contributed by atoms with E-state index in [4.69, 9.17) is 5.73 Å². The number of hydrogen-bond acceptors (Lipinski definition) is 1. The minimum absolute atomic E-state index is 0.0381. The number of aromatic nitrogens is 1. The molecule has 1 atom stereocenters. The van der Waals surface area contributed by atoms with Crippen molar-refractivity contribution in [2.75, 3.05) is 0 Å². The number of nitrogens with one attached hydrogen (secondary N) is 1. The molecule has 0 aliphatic carbocycles. The van der Waals surface area contributed by atoms with Crippen LogP contribution < -0.4 is 26.9 Å². The van der Waals surface area contributed by atoms with Gasteiger partial charge in [0.05, 0.1) is 0 Å². The van der Waals surface area contributed by atoms with E-state index in [0.717, 1.165) is 15.9 Å². The van der Waals surface area contributed by atoms with Crippen LogP contribution in [0, 0.1) is 0 Å². The minimum atomic E-state index is 0.0381. The molecule has 0 amide bonds. The van der Waals surface area contributed by atoms with Crippen molar-refractivity contribution in [1.82, 2.24) is 4.98 Å². The third kappa shape index (κ3) is 2.52. The molecule has 0 spiro atoms. The molecule has 0 aliphatic rings. The highest BCUT2D eigenvalue weighted by atomic mass is 14.7. The SMILES string of the molecule is C=C/C=c1/[nH]c(=C/C)/c(=C\C)c1=CC(C)N. The lowest BCUT2D eigenvalue weighted by Crippen LogP contribution is -2.39. The zero-order valence-corrected chi connectivity index (χ0v) is 10.2. The Labute approximate surface area is 96.2 Å². The normalized spacial score (nSPS) is 18.2. The first-order valence-electron chi connectivity index (χ1n) is 5.54. The fourth-order valence-electron chi connectivity index (χ4n) is 1.80. The maximum absolute atomic E-state index is 5.83. The molecule has 1 aromatic heterocycles. The Kier molecular flexibility index (Phi) is 4.32. The van der Waals surface area contributed by atoms with Gasteiger partial charge in [0, 0.05) is 27.2 Å². The van der Waals surface area contributed by atoms with Crippen molar-refractivity contribution in [2.24, 2.45) is 5.73 Å². The maximum Gasteiger partial charge on any atom is 0.0461 e. The first kappa shape index (κ1) is 12.5. The van der Waals surface area contributed by atoms with Gasteiger partial charge in [-0.25, -0.2) is 0 Å². The molecular formula is C14H20N2. The van der Waals surface area contributed by atoms with Crippen molar-refractivity contribution in [3.63, 3.8) is 0 Å². The average Bonchev–Trinajstić information content (AvgIpc) is 2.56. The van der Waals surface area contributed by atoms with Crippen molar-refractivity contribution in [3.8, 4) is 0 Å². The van der Waals surface area contributed by atoms with Crippen LogP contribution in [-0.4, -0.2) is 11.0 Å². The van der Waals surface area contributed by atoms with Crippen LogP contribution in [0.1, 0.15) is 20.8 Å². The van der Waals surface area contributed by atoms with Crippen molar-refractivity contribution in [3.05, 3.63) is 33.8 Å². The lowest BCUT2D eigenvalue weighted by atomic mass is 10.2. The summed E-state index contributed by atoms with van der Waals surface area (Å²) in [5.41, 5.74) is 5.83. The Balaban J connectivity index is 3.89. The van der Waals surface area contributed by atoms with Gasteiger partial charge >= 0.3 is 0 Å². The molecule has 0 fully saturated rings. The Hall–Kier alpha value is -1.54. The molecule has 0 bridgehead atoms. The van der Waals surface area contributed by atoms with Gasteiger partial charge in [-0.3, -0.25) is 0 Å². The highest BCUT2D eigenvalue weighted by molar-refractivity contribution is 5.41. The monoisotopic (exact) mass is 216 g/mol. The fourth-order valence-corrected chi connectivity index (χ4v) is 1.80. The van der Waals surface area contributed by atoms with E-state index < -0.39 is 0 Å². The largest absolute Gasteiger partial charge is 0.355 e. The summed E-state index contributed by atoms with van der Waals surface area (Å²) in [6, 6.07) is 0.0381. The Morgan fingerprint density at radius 2 is 1.88 bits per heavy atom. The predicted molar refractivity (Wildman–Crippen MR) is 72.3 cm³/mol. The van der Waals surface area contributed by atoms with Crippen LogP contribution in [0.5, 0.6) is 0 Å². The van der Waals surface area contributed by atoms with Crippen LogP contribution in [0.4, 0.5) is 0 Å². The Morgan fingerprint density at radius 1 is 1.19 bits per heavy atom. The Bertz CT molecular complexity index is 586. The number of allylic oxidation sites excluding steroid dienone is 1. The van der Waals surface area contributed by atoms with Gasteiger partial charge in [-0.15, -0.1) is 0 Å². The van der Waals surface area contributed by atoms with Crippen molar-refractivity contribution in [1.29, 1.82) is 0 Å². The van der Waals surface area contributed by atoms with Gasteiger partial charge in [0.2, 0.25) is 0 Å². The van der Waals surface area contributed by atoms with E-state index in [0.29, 0.717) is 0 Å². The first-order valence-corrected chi connectivity index (χ1v) is 5.54. The molecule has 1 heterocycles. The summed E-state index contributed by atoms with van der Waals surface area (Å²) in [6.07, 6.45) is 9.97. The van der Waals surface area contributed by atoms with Crippen molar-refractivity contribution >= 4 is 24.3 Å². The van der Waals surface area contributed by atoms with Gasteiger partial charge < -0.3 is 10.7 Å². The fraction of sp³-hybridized carbons (Fsp3) is 0.286. The van der Waals surface area contributed by atoms with Gasteiger partial charge in [0.25, 0.3) is 0 Å². The standard InChI is InChI=1S/C14H20N2/c1-5-8-14-12(9-10(4)15)11(6-2)13(7-3)16-14/h5-10,16H,1,15H2,2-4H3/b11-6-,12-9?,13-7+,14-8+. The number of H-pyrrole nitrogens is 1. The predicted octanol–water partition coefficient (Wildman–Crippen LogP) is -0.290. The van der Waals surface area contributed by atoms with Gasteiger partial charge in [0.15, 0.2) is 0 Å². The van der Waals surface area contributed by atoms with Crippen LogP contribution in [0.2, 0.25) is 0 Å². The smallest absolute Gasteiger partial charge is 0.0461 e. The molecule has 0 radical (unpaired) electrons. The molecule has 0 saturated heterocycles. The Morgan fingerprint density at radius 3 is 2.31 bits per heavy atom. The van der Waals surface area contributed by atoms with Crippen molar-refractivity contribution < 1.29 is 0 Å². The second kappa shape index (κ2) is 5.52. The minimum Gasteiger partial charge on any atom is -0.355 e. The molecule has 2 heteroatoms. The first-order chi connectivity index (χ1) is 7.63. The van der Waals surface area contributed by atoms with Gasteiger partial charge in [0.1, 0.15) is 0 Å². The van der Waals surface area contributed by atoms with Crippen LogP contribution in [-0.2, 0) is 0 Å². The van der Waals surface area contributed by atoms with Crippen molar-refractivity contribution in [2.45, 2.75) is 26.8 Å². The van der Waals surface area contributed by atoms with E-state index >= 15 is 0 Å². The van der Waals surface area contributed by atoms with Crippen LogP contribution >= 0.6 is 0 Å². The lowest BCUT2D eigenvalue weighted by Gasteiger charge is -1.92. The number of nitrogens with two attached hydrogens (primary N) is 1. The third-order valence-electron chi connectivity index (χ3n) is 2.43. The summed E-state index contributed by atoms with van der Waals surface area (Å²) >= 11 is 0. The van der Waals surface area contributed by atoms with E-state index in [1.807, 2.05) is 26.8 Å². The summed E-state index contributed by atoms with van der Waals surface area (Å²) in [7, 11) is 0. The van der Waals surface area contributed by atoms with E-state index in [1.165, 1.54) is 5.22 Å². The van der Waals surface area contributed by atoms with E-state index in [1.54, 1.807) is 6.08 Å². The zero-order chi connectivity index (χ0) is 12.1. The summed E-state index contributed by atoms with van der Waals surface area (Å²) < 4.78 is 0. The van der Waals surface area contributed by atoms with E-state index in [9.17, 15) is 0 Å². The molecule has 3 N–H and O–H groups in total. The highest BCUT2D eigenvalue weighted by Crippen LogP contribution is 1.72. The molecule has 16 heavy (non-hydrogen) atoms. The molecule has 0 aliphatic heterocycles. The van der Waals surface area contributed by atoms with E-state index in [2.05, 4.69) is 29.8 Å². The van der Waals surface area contributed by atoms with Crippen LogP contribution in [0.3, 0.4) is 0 Å². The maximum atomic E-state index is 5.83. The van der Waals surface area contributed by atoms with Gasteiger partial charge in [-0.1, -0.05) is 30.9 Å². The number of rotatable bonds is 2. The quantitative estimate of drug-likeness (QED) is 0.701. The summed E-state index contributed by atoms with van der Waals surface area (Å²) in [5.74, 6) is 0. The lowest BCUT2D eigenvalue weighted by molar-refractivity contribution is 0.970. The molecule has 1 rings (SSSR count). The third-order valence-corrected chi connectivity index (χ3v) is 2.43. The second-order valence-electron chi connectivity index (χ2n) is 3.79. The average molecular weight is 216 g/mol. The molecular weight excluding hydrogens is 196 g/mol. The van der Waals surface area contributed by atoms with Crippen LogP contribution in [0.15, 0.2) is 12.7 Å². The molecule has 86 valence electrons. The molecule has 1 aromatic rings. The van der Waals surface area contributed by atoms with Gasteiger partial charge in [-0.2, -0.15) is 0 Å². The number of hydrogen-bond donors (Lipinski definition) is 2. The highest BCUT2D eigenvalue weighted by Gasteiger charge is 1.95. The zero-order valence-electron chi connectivity index (χ0n) is 10.2. The molecule has 0 saturated carbocycles. The molecule has 0 aromatic carbocycles. The summed E-state index contributed by atoms with van der Waals surface area (Å²) in [6.45, 7) is 9.75. The summed E-state index contributed by atoms with van der Waals surface area (Å²) in [4.78, 5) is 3.36. The topological polar surface area (TPSA) is 41.8 Å². The van der Waals surface area contributed by atoms with Crippen LogP contribution in [0.25, 0.3) is 24.3 Å². The molecule has 1 unspecified atom stereocenters. The summed E-state index contributed by atoms with van der Waals surface area (Å²) in [5, 5.41) is 4.55. The molecule has 2 nitrogen and oxygen atoms in total. The number of aromatic amines is 1. The second-order valence-corrected chi connectivity index (χ2v) is 3.79.